The van der Waals surface area contributed by atoms with Gasteiger partial charge in [-0.1, -0.05) is 13.8 Å². The van der Waals surface area contributed by atoms with Crippen LogP contribution in [0.5, 0.6) is 0 Å². The summed E-state index contributed by atoms with van der Waals surface area (Å²) in [6, 6.07) is -3.11. The Bertz CT molecular complexity index is 514. The molecule has 0 saturated carbocycles. The van der Waals surface area contributed by atoms with E-state index < -0.39 is 55.0 Å². The van der Waals surface area contributed by atoms with E-state index in [0.717, 1.165) is 0 Å². The standard InChI is InChI=1S/C16H31N5O6/c1-9(2)13(21-14(25)10(18)8-22)16(27)20-11(5-3-4-6-17)15(26)19-7-12(23)24/h9-11,13,22H,3-8,17-18H2,1-2H3,(H,19,26)(H,20,27)(H,21,25)(H,23,24). The normalized spacial score (nSPS) is 14.1. The van der Waals surface area contributed by atoms with Gasteiger partial charge >= 0.3 is 5.97 Å². The molecule has 0 radical (unpaired) electrons. The molecule has 0 saturated heterocycles. The van der Waals surface area contributed by atoms with Gasteiger partial charge in [0.1, 0.15) is 24.7 Å². The number of carbonyl (C=O) groups excluding carboxylic acids is 3. The molecule has 3 amide bonds. The number of nitrogens with two attached hydrogens (primary N) is 2. The van der Waals surface area contributed by atoms with Crippen molar-refractivity contribution in [2.75, 3.05) is 19.7 Å². The SMILES string of the molecule is CC(C)C(NC(=O)C(N)CO)C(=O)NC(CCCCN)C(=O)NCC(=O)O. The number of carboxylic acid groups (broad SMARTS) is 1. The van der Waals surface area contributed by atoms with Crippen LogP contribution in [0.3, 0.4) is 0 Å². The molecule has 0 aromatic carbocycles. The van der Waals surface area contributed by atoms with Gasteiger partial charge in [-0.25, -0.2) is 0 Å². The van der Waals surface area contributed by atoms with Crippen LogP contribution in [0.1, 0.15) is 33.1 Å². The van der Waals surface area contributed by atoms with Crippen molar-refractivity contribution in [3.8, 4) is 0 Å². The van der Waals surface area contributed by atoms with Crippen LogP contribution in [0.25, 0.3) is 0 Å². The summed E-state index contributed by atoms with van der Waals surface area (Å²) < 4.78 is 0. The van der Waals surface area contributed by atoms with Crippen molar-refractivity contribution in [3.63, 3.8) is 0 Å². The molecule has 0 rings (SSSR count). The Balaban J connectivity index is 5.08. The van der Waals surface area contributed by atoms with Gasteiger partial charge in [0.05, 0.1) is 6.61 Å². The lowest BCUT2D eigenvalue weighted by molar-refractivity contribution is -0.138. The van der Waals surface area contributed by atoms with Crippen LogP contribution in [0.2, 0.25) is 0 Å². The molecule has 0 aliphatic heterocycles. The van der Waals surface area contributed by atoms with Gasteiger partial charge in [0.15, 0.2) is 0 Å². The van der Waals surface area contributed by atoms with Crippen molar-refractivity contribution < 1.29 is 29.4 Å². The number of aliphatic hydroxyl groups excluding tert-OH is 1. The number of carbonyl (C=O) groups is 4. The molecular weight excluding hydrogens is 358 g/mol. The van der Waals surface area contributed by atoms with Crippen molar-refractivity contribution in [2.45, 2.75) is 51.2 Å². The Kier molecular flexibility index (Phi) is 11.9. The van der Waals surface area contributed by atoms with Gasteiger partial charge in [0.2, 0.25) is 17.7 Å². The summed E-state index contributed by atoms with van der Waals surface area (Å²) in [4.78, 5) is 47.2. The highest BCUT2D eigenvalue weighted by atomic mass is 16.4. The summed E-state index contributed by atoms with van der Waals surface area (Å²) in [7, 11) is 0. The van der Waals surface area contributed by atoms with E-state index in [1.165, 1.54) is 0 Å². The predicted molar refractivity (Wildman–Crippen MR) is 97.3 cm³/mol. The third-order valence-electron chi connectivity index (χ3n) is 3.77. The number of hydrogen-bond donors (Lipinski definition) is 7. The van der Waals surface area contributed by atoms with E-state index in [-0.39, 0.29) is 12.3 Å². The average molecular weight is 389 g/mol. The van der Waals surface area contributed by atoms with Crippen LogP contribution in [0, 0.1) is 5.92 Å². The summed E-state index contributed by atoms with van der Waals surface area (Å²) in [6.45, 7) is 2.67. The summed E-state index contributed by atoms with van der Waals surface area (Å²) in [5, 5.41) is 24.8. The number of hydrogen-bond acceptors (Lipinski definition) is 7. The summed E-state index contributed by atoms with van der Waals surface area (Å²) in [6.07, 6.45) is 1.45. The molecule has 0 bridgehead atoms. The molecule has 0 aliphatic rings. The minimum atomic E-state index is -1.21. The molecule has 156 valence electrons. The van der Waals surface area contributed by atoms with Gasteiger partial charge in [-0.2, -0.15) is 0 Å². The van der Waals surface area contributed by atoms with Crippen LogP contribution >= 0.6 is 0 Å². The molecule has 3 atom stereocenters. The highest BCUT2D eigenvalue weighted by Gasteiger charge is 2.29. The second-order valence-corrected chi connectivity index (χ2v) is 6.48. The first-order valence-corrected chi connectivity index (χ1v) is 8.80. The largest absolute Gasteiger partial charge is 0.480 e. The first kappa shape index (κ1) is 24.8. The number of aliphatic carboxylic acids is 1. The molecule has 11 heteroatoms. The van der Waals surface area contributed by atoms with E-state index in [0.29, 0.717) is 19.4 Å². The molecule has 0 fully saturated rings. The van der Waals surface area contributed by atoms with Crippen molar-refractivity contribution in [2.24, 2.45) is 17.4 Å². The molecule has 9 N–H and O–H groups in total. The van der Waals surface area contributed by atoms with Crippen molar-refractivity contribution in [3.05, 3.63) is 0 Å². The lowest BCUT2D eigenvalue weighted by Gasteiger charge is -2.26. The van der Waals surface area contributed by atoms with Crippen LogP contribution in [-0.4, -0.2) is 71.7 Å². The highest BCUT2D eigenvalue weighted by molar-refractivity contribution is 5.93. The van der Waals surface area contributed by atoms with Crippen molar-refractivity contribution in [1.82, 2.24) is 16.0 Å². The number of unbranched alkanes of at least 4 members (excludes halogenated alkanes) is 1. The zero-order valence-corrected chi connectivity index (χ0v) is 15.7. The van der Waals surface area contributed by atoms with Crippen LogP contribution in [-0.2, 0) is 19.2 Å². The Morgan fingerprint density at radius 3 is 2.11 bits per heavy atom. The lowest BCUT2D eigenvalue weighted by Crippen LogP contribution is -2.58. The first-order chi connectivity index (χ1) is 12.6. The summed E-state index contributed by atoms with van der Waals surface area (Å²) in [5.74, 6) is -3.45. The van der Waals surface area contributed by atoms with Crippen LogP contribution in [0.4, 0.5) is 0 Å². The average Bonchev–Trinajstić information content (AvgIpc) is 2.61. The zero-order valence-electron chi connectivity index (χ0n) is 15.7. The molecular formula is C16H31N5O6. The predicted octanol–water partition coefficient (Wildman–Crippen LogP) is -2.74. The van der Waals surface area contributed by atoms with E-state index in [9.17, 15) is 19.2 Å². The maximum atomic E-state index is 12.6. The maximum Gasteiger partial charge on any atom is 0.322 e. The van der Waals surface area contributed by atoms with Gasteiger partial charge in [-0.3, -0.25) is 19.2 Å². The van der Waals surface area contributed by atoms with E-state index in [1.807, 2.05) is 0 Å². The van der Waals surface area contributed by atoms with E-state index in [4.69, 9.17) is 21.7 Å². The monoisotopic (exact) mass is 389 g/mol. The van der Waals surface area contributed by atoms with Gasteiger partial charge < -0.3 is 37.6 Å². The van der Waals surface area contributed by atoms with Gasteiger partial charge in [-0.05, 0) is 31.7 Å². The number of nitrogens with one attached hydrogen (secondary N) is 3. The molecule has 0 aromatic heterocycles. The van der Waals surface area contributed by atoms with Crippen LogP contribution in [0.15, 0.2) is 0 Å². The Labute approximate surface area is 158 Å². The van der Waals surface area contributed by atoms with Crippen molar-refractivity contribution in [1.29, 1.82) is 0 Å². The van der Waals surface area contributed by atoms with Crippen molar-refractivity contribution >= 4 is 23.7 Å². The number of amides is 3. The molecule has 0 aliphatic carbocycles. The number of rotatable bonds is 13. The fourth-order valence-electron chi connectivity index (χ4n) is 2.19. The van der Waals surface area contributed by atoms with Gasteiger partial charge in [-0.15, -0.1) is 0 Å². The topological polar surface area (TPSA) is 197 Å². The fraction of sp³-hybridized carbons (Fsp3) is 0.750. The van der Waals surface area contributed by atoms with E-state index in [2.05, 4.69) is 16.0 Å². The quantitative estimate of drug-likeness (QED) is 0.165. The number of aliphatic hydroxyl groups is 1. The molecule has 11 nitrogen and oxygen atoms in total. The maximum absolute atomic E-state index is 12.6. The van der Waals surface area contributed by atoms with E-state index >= 15 is 0 Å². The zero-order chi connectivity index (χ0) is 21.0. The number of carboxylic acids is 1. The van der Waals surface area contributed by atoms with Gasteiger partial charge in [0.25, 0.3) is 0 Å². The molecule has 0 aromatic rings. The van der Waals surface area contributed by atoms with E-state index in [1.54, 1.807) is 13.8 Å². The van der Waals surface area contributed by atoms with Gasteiger partial charge in [0, 0.05) is 0 Å². The molecule has 27 heavy (non-hydrogen) atoms. The highest BCUT2D eigenvalue weighted by Crippen LogP contribution is 2.06. The fourth-order valence-corrected chi connectivity index (χ4v) is 2.19. The smallest absolute Gasteiger partial charge is 0.322 e. The lowest BCUT2D eigenvalue weighted by atomic mass is 10.0. The third-order valence-corrected chi connectivity index (χ3v) is 3.77. The Hall–Kier alpha value is -2.24. The minimum absolute atomic E-state index is 0.267. The first-order valence-electron chi connectivity index (χ1n) is 8.80. The second-order valence-electron chi connectivity index (χ2n) is 6.48. The van der Waals surface area contributed by atoms with Crippen LogP contribution < -0.4 is 27.4 Å². The second kappa shape index (κ2) is 13.0. The molecule has 0 spiro atoms. The Morgan fingerprint density at radius 1 is 1.00 bits per heavy atom. The summed E-state index contributed by atoms with van der Waals surface area (Å²) >= 11 is 0. The molecule has 0 heterocycles. The summed E-state index contributed by atoms with van der Waals surface area (Å²) in [5.41, 5.74) is 10.9. The third kappa shape index (κ3) is 9.87. The minimum Gasteiger partial charge on any atom is -0.480 e. The Morgan fingerprint density at radius 2 is 1.63 bits per heavy atom. The molecule has 3 unspecified atom stereocenters.